The summed E-state index contributed by atoms with van der Waals surface area (Å²) >= 11 is 6.15. The molecule has 4 aromatic rings. The first-order valence-electron chi connectivity index (χ1n) is 9.83. The van der Waals surface area contributed by atoms with E-state index in [1.165, 1.54) is 0 Å². The molecule has 1 N–H and O–H groups in total. The van der Waals surface area contributed by atoms with Gasteiger partial charge in [-0.05, 0) is 61.2 Å². The highest BCUT2D eigenvalue weighted by Gasteiger charge is 2.15. The van der Waals surface area contributed by atoms with Crippen molar-refractivity contribution in [3.8, 4) is 11.8 Å². The van der Waals surface area contributed by atoms with Crippen molar-refractivity contribution in [2.45, 2.75) is 13.8 Å². The number of aryl methyl sites for hydroxylation is 1. The number of hydrogen-bond donors (Lipinski definition) is 1. The van der Waals surface area contributed by atoms with Crippen molar-refractivity contribution in [3.63, 3.8) is 0 Å². The van der Waals surface area contributed by atoms with Crippen LogP contribution in [0.4, 0.5) is 5.69 Å². The van der Waals surface area contributed by atoms with Crippen LogP contribution in [-0.2, 0) is 4.79 Å². The Morgan fingerprint density at radius 1 is 1.03 bits per heavy atom. The van der Waals surface area contributed by atoms with Gasteiger partial charge in [0.05, 0.1) is 0 Å². The van der Waals surface area contributed by atoms with E-state index < -0.39 is 5.91 Å². The van der Waals surface area contributed by atoms with Crippen molar-refractivity contribution in [1.29, 1.82) is 5.26 Å². The molecule has 1 amide bonds. The Balaban J connectivity index is 1.68. The van der Waals surface area contributed by atoms with Crippen molar-refractivity contribution >= 4 is 40.0 Å². The van der Waals surface area contributed by atoms with E-state index in [2.05, 4.69) is 9.88 Å². The third-order valence-electron chi connectivity index (χ3n) is 5.24. The predicted octanol–water partition coefficient (Wildman–Crippen LogP) is 6.45. The maximum atomic E-state index is 12.9. The number of nitriles is 1. The highest BCUT2D eigenvalue weighted by molar-refractivity contribution is 6.30. The van der Waals surface area contributed by atoms with Gasteiger partial charge in [-0.15, -0.1) is 0 Å². The van der Waals surface area contributed by atoms with Crippen molar-refractivity contribution < 1.29 is 4.79 Å². The number of carbonyl (C=O) groups is 1. The second-order valence-corrected chi connectivity index (χ2v) is 7.73. The molecular weight excluding hydrogens is 406 g/mol. The van der Waals surface area contributed by atoms with Crippen LogP contribution < -0.4 is 5.32 Å². The molecule has 1 heterocycles. The van der Waals surface area contributed by atoms with E-state index >= 15 is 0 Å². The highest BCUT2D eigenvalue weighted by atomic mass is 35.5. The third-order valence-corrected chi connectivity index (χ3v) is 5.47. The molecule has 0 aliphatic heterocycles. The molecule has 5 heteroatoms. The summed E-state index contributed by atoms with van der Waals surface area (Å²) in [5.41, 5.74) is 4.36. The van der Waals surface area contributed by atoms with Gasteiger partial charge in [0, 0.05) is 33.2 Å². The van der Waals surface area contributed by atoms with E-state index in [1.54, 1.807) is 6.08 Å². The van der Waals surface area contributed by atoms with Gasteiger partial charge < -0.3 is 9.88 Å². The monoisotopic (exact) mass is 425 g/mol. The SMILES string of the molecule is Cc1cc(/C=C(\C#N)C(=O)Nc2cccc3ccccc23)c(C)n1-c1cccc(Cl)c1. The lowest BCUT2D eigenvalue weighted by molar-refractivity contribution is -0.112. The molecule has 0 aliphatic rings. The molecule has 0 unspecified atom stereocenters. The second kappa shape index (κ2) is 8.51. The number of carbonyl (C=O) groups excluding carboxylic acids is 1. The van der Waals surface area contributed by atoms with E-state index in [0.29, 0.717) is 10.7 Å². The fourth-order valence-corrected chi connectivity index (χ4v) is 3.96. The Bertz CT molecular complexity index is 1370. The summed E-state index contributed by atoms with van der Waals surface area (Å²) in [6.45, 7) is 3.94. The van der Waals surface area contributed by atoms with Crippen LogP contribution in [0.25, 0.3) is 22.5 Å². The van der Waals surface area contributed by atoms with Crippen LogP contribution in [-0.4, -0.2) is 10.5 Å². The summed E-state index contributed by atoms with van der Waals surface area (Å²) in [6.07, 6.45) is 1.63. The summed E-state index contributed by atoms with van der Waals surface area (Å²) in [5, 5.41) is 15.1. The lowest BCUT2D eigenvalue weighted by Gasteiger charge is -2.10. The molecule has 1 aromatic heterocycles. The highest BCUT2D eigenvalue weighted by Crippen LogP contribution is 2.26. The molecule has 0 bridgehead atoms. The van der Waals surface area contributed by atoms with E-state index in [0.717, 1.165) is 33.4 Å². The first kappa shape index (κ1) is 20.5. The van der Waals surface area contributed by atoms with Crippen molar-refractivity contribution in [2.75, 3.05) is 5.32 Å². The lowest BCUT2D eigenvalue weighted by atomic mass is 10.1. The van der Waals surface area contributed by atoms with Crippen LogP contribution in [0.15, 0.2) is 78.4 Å². The van der Waals surface area contributed by atoms with Gasteiger partial charge >= 0.3 is 0 Å². The molecule has 4 rings (SSSR count). The molecule has 0 atom stereocenters. The van der Waals surface area contributed by atoms with Gasteiger partial charge in [0.2, 0.25) is 0 Å². The molecule has 0 fully saturated rings. The van der Waals surface area contributed by atoms with Gasteiger partial charge in [0.1, 0.15) is 11.6 Å². The van der Waals surface area contributed by atoms with E-state index in [9.17, 15) is 10.1 Å². The summed E-state index contributed by atoms with van der Waals surface area (Å²) in [4.78, 5) is 12.9. The number of rotatable bonds is 4. The fraction of sp³-hybridized carbons (Fsp3) is 0.0769. The standard InChI is InChI=1S/C26H20ClN3O/c1-17-13-20(18(2)30(17)23-10-6-9-22(27)15-23)14-21(16-28)26(31)29-25-12-5-8-19-7-3-4-11-24(19)25/h3-15H,1-2H3,(H,29,31)/b21-14+. The largest absolute Gasteiger partial charge is 0.321 e. The third kappa shape index (κ3) is 4.09. The van der Waals surface area contributed by atoms with Crippen molar-refractivity contribution in [3.05, 3.63) is 100 Å². The minimum absolute atomic E-state index is 0.0410. The number of anilines is 1. The van der Waals surface area contributed by atoms with Gasteiger partial charge in [-0.1, -0.05) is 54.1 Å². The topological polar surface area (TPSA) is 57.8 Å². The first-order valence-corrected chi connectivity index (χ1v) is 10.2. The maximum absolute atomic E-state index is 12.9. The molecule has 31 heavy (non-hydrogen) atoms. The molecule has 0 saturated carbocycles. The number of benzene rings is 3. The molecule has 0 saturated heterocycles. The summed E-state index contributed by atoms with van der Waals surface area (Å²) in [5.74, 6) is -0.439. The Hall–Kier alpha value is -3.81. The minimum atomic E-state index is -0.439. The van der Waals surface area contributed by atoms with Crippen LogP contribution in [0.3, 0.4) is 0 Å². The molecular formula is C26H20ClN3O. The number of halogens is 1. The van der Waals surface area contributed by atoms with Crippen LogP contribution in [0.2, 0.25) is 5.02 Å². The Labute approximate surface area is 186 Å². The predicted molar refractivity (Wildman–Crippen MR) is 126 cm³/mol. The maximum Gasteiger partial charge on any atom is 0.266 e. The number of nitrogens with zero attached hydrogens (tertiary/aromatic N) is 2. The molecule has 0 radical (unpaired) electrons. The van der Waals surface area contributed by atoms with Crippen molar-refractivity contribution in [1.82, 2.24) is 4.57 Å². The van der Waals surface area contributed by atoms with Crippen molar-refractivity contribution in [2.24, 2.45) is 0 Å². The molecule has 0 aliphatic carbocycles. The van der Waals surface area contributed by atoms with Crippen LogP contribution in [0.1, 0.15) is 17.0 Å². The normalized spacial score (nSPS) is 11.4. The van der Waals surface area contributed by atoms with Gasteiger partial charge in [0.25, 0.3) is 5.91 Å². The lowest BCUT2D eigenvalue weighted by Crippen LogP contribution is -2.13. The summed E-state index contributed by atoms with van der Waals surface area (Å²) < 4.78 is 2.05. The number of hydrogen-bond acceptors (Lipinski definition) is 2. The van der Waals surface area contributed by atoms with E-state index in [-0.39, 0.29) is 5.57 Å². The molecule has 0 spiro atoms. The van der Waals surface area contributed by atoms with Crippen LogP contribution in [0, 0.1) is 25.2 Å². The zero-order chi connectivity index (χ0) is 22.0. The van der Waals surface area contributed by atoms with Crippen LogP contribution in [0.5, 0.6) is 0 Å². The minimum Gasteiger partial charge on any atom is -0.321 e. The van der Waals surface area contributed by atoms with Gasteiger partial charge in [-0.25, -0.2) is 0 Å². The van der Waals surface area contributed by atoms with Gasteiger partial charge in [0.15, 0.2) is 0 Å². The Morgan fingerprint density at radius 3 is 2.55 bits per heavy atom. The summed E-state index contributed by atoms with van der Waals surface area (Å²) in [7, 11) is 0. The number of nitrogens with one attached hydrogen (secondary N) is 1. The fourth-order valence-electron chi connectivity index (χ4n) is 3.77. The first-order chi connectivity index (χ1) is 15.0. The van der Waals surface area contributed by atoms with Gasteiger partial charge in [-0.3, -0.25) is 4.79 Å². The van der Waals surface area contributed by atoms with Crippen LogP contribution >= 0.6 is 11.6 Å². The molecule has 4 nitrogen and oxygen atoms in total. The van der Waals surface area contributed by atoms with E-state index in [4.69, 9.17) is 11.6 Å². The zero-order valence-corrected chi connectivity index (χ0v) is 17.9. The van der Waals surface area contributed by atoms with Gasteiger partial charge in [-0.2, -0.15) is 5.26 Å². The molecule has 152 valence electrons. The second-order valence-electron chi connectivity index (χ2n) is 7.29. The Kier molecular flexibility index (Phi) is 5.62. The quantitative estimate of drug-likeness (QED) is 0.302. The number of fused-ring (bicyclic) bond motifs is 1. The molecule has 3 aromatic carbocycles. The average Bonchev–Trinajstić information content (AvgIpc) is 3.05. The van der Waals surface area contributed by atoms with E-state index in [1.807, 2.05) is 92.7 Å². The Morgan fingerprint density at radius 2 is 1.77 bits per heavy atom. The zero-order valence-electron chi connectivity index (χ0n) is 17.2. The number of amides is 1. The average molecular weight is 426 g/mol. The summed E-state index contributed by atoms with van der Waals surface area (Å²) in [6, 6.07) is 25.1. The number of aromatic nitrogens is 1. The smallest absolute Gasteiger partial charge is 0.266 e.